The number of carboxylic acid groups (broad SMARTS) is 1. The molecule has 0 aliphatic heterocycles. The number of pyridine rings is 1. The summed E-state index contributed by atoms with van der Waals surface area (Å²) in [5.74, 6) is -1.45. The van der Waals surface area contributed by atoms with Crippen LogP contribution in [0.4, 0.5) is 22.0 Å². The molecule has 1 heterocycles. The van der Waals surface area contributed by atoms with Gasteiger partial charge in [-0.2, -0.15) is 13.2 Å². The van der Waals surface area contributed by atoms with E-state index in [1.54, 1.807) is 0 Å². The molecule has 17 heavy (non-hydrogen) atoms. The Hall–Kier alpha value is -1.73. The Balaban J connectivity index is 3.23. The fourth-order valence-electron chi connectivity index (χ4n) is 1.13. The number of hydrogen-bond donors (Lipinski definition) is 1. The molecule has 0 unspecified atom stereocenters. The van der Waals surface area contributed by atoms with E-state index < -0.39 is 41.9 Å². The monoisotopic (exact) mass is 255 g/mol. The summed E-state index contributed by atoms with van der Waals surface area (Å²) in [5, 5.41) is 8.38. The quantitative estimate of drug-likeness (QED) is 0.845. The van der Waals surface area contributed by atoms with Gasteiger partial charge in [0.25, 0.3) is 6.43 Å². The Labute approximate surface area is 91.9 Å². The van der Waals surface area contributed by atoms with E-state index in [0.717, 1.165) is 0 Å². The molecule has 94 valence electrons. The van der Waals surface area contributed by atoms with Gasteiger partial charge in [0.15, 0.2) is 0 Å². The van der Waals surface area contributed by atoms with E-state index in [-0.39, 0.29) is 6.07 Å². The third-order valence-electron chi connectivity index (χ3n) is 1.78. The number of aliphatic carboxylic acids is 1. The van der Waals surface area contributed by atoms with Gasteiger partial charge in [-0.1, -0.05) is 0 Å². The van der Waals surface area contributed by atoms with E-state index in [2.05, 4.69) is 4.98 Å². The van der Waals surface area contributed by atoms with Crippen LogP contribution in [0.5, 0.6) is 0 Å². The molecule has 1 rings (SSSR count). The van der Waals surface area contributed by atoms with E-state index in [1.807, 2.05) is 0 Å². The maximum atomic E-state index is 12.3. The maximum absolute atomic E-state index is 12.3. The summed E-state index contributed by atoms with van der Waals surface area (Å²) < 4.78 is 61.5. The third-order valence-corrected chi connectivity index (χ3v) is 1.78. The van der Waals surface area contributed by atoms with Gasteiger partial charge in [0.05, 0.1) is 12.1 Å². The minimum atomic E-state index is -4.89. The van der Waals surface area contributed by atoms with Gasteiger partial charge in [-0.05, 0) is 12.1 Å². The van der Waals surface area contributed by atoms with Crippen LogP contribution in [0.1, 0.15) is 23.4 Å². The van der Waals surface area contributed by atoms with Gasteiger partial charge in [-0.3, -0.25) is 4.79 Å². The molecule has 0 aliphatic rings. The van der Waals surface area contributed by atoms with Gasteiger partial charge in [0.1, 0.15) is 5.69 Å². The van der Waals surface area contributed by atoms with E-state index in [1.165, 1.54) is 0 Å². The Kier molecular flexibility index (Phi) is 3.64. The van der Waals surface area contributed by atoms with Crippen LogP contribution in [0.2, 0.25) is 0 Å². The SMILES string of the molecule is O=C(O)Cc1cc(C(F)F)cc(C(F)(F)F)n1. The lowest BCUT2D eigenvalue weighted by Gasteiger charge is -2.10. The average Bonchev–Trinajstić information content (AvgIpc) is 2.14. The van der Waals surface area contributed by atoms with Crippen LogP contribution >= 0.6 is 0 Å². The predicted octanol–water partition coefficient (Wildman–Crippen LogP) is 2.67. The van der Waals surface area contributed by atoms with Crippen molar-refractivity contribution in [2.24, 2.45) is 0 Å². The van der Waals surface area contributed by atoms with Gasteiger partial charge < -0.3 is 5.11 Å². The molecule has 0 saturated heterocycles. The molecular formula is C9H6F5NO2. The van der Waals surface area contributed by atoms with Crippen LogP contribution in [0.25, 0.3) is 0 Å². The lowest BCUT2D eigenvalue weighted by molar-refractivity contribution is -0.142. The lowest BCUT2D eigenvalue weighted by atomic mass is 10.1. The molecule has 8 heteroatoms. The van der Waals surface area contributed by atoms with Crippen molar-refractivity contribution >= 4 is 5.97 Å². The summed E-state index contributed by atoms with van der Waals surface area (Å²) in [5.41, 5.74) is -2.97. The van der Waals surface area contributed by atoms with Gasteiger partial charge in [0, 0.05) is 5.56 Å². The zero-order chi connectivity index (χ0) is 13.2. The highest BCUT2D eigenvalue weighted by Gasteiger charge is 2.34. The first-order chi connectivity index (χ1) is 7.70. The number of halogens is 5. The van der Waals surface area contributed by atoms with E-state index in [4.69, 9.17) is 5.11 Å². The number of alkyl halides is 5. The second-order valence-corrected chi connectivity index (χ2v) is 3.15. The maximum Gasteiger partial charge on any atom is 0.433 e. The van der Waals surface area contributed by atoms with Crippen molar-refractivity contribution < 1.29 is 31.9 Å². The Morgan fingerprint density at radius 1 is 1.35 bits per heavy atom. The number of rotatable bonds is 3. The summed E-state index contributed by atoms with van der Waals surface area (Å²) in [6, 6.07) is 0.851. The number of carbonyl (C=O) groups is 1. The van der Waals surface area contributed by atoms with Crippen molar-refractivity contribution in [1.29, 1.82) is 0 Å². The molecule has 1 N–H and O–H groups in total. The van der Waals surface area contributed by atoms with Crippen LogP contribution in [0.3, 0.4) is 0 Å². The van der Waals surface area contributed by atoms with Crippen LogP contribution in [-0.4, -0.2) is 16.1 Å². The summed E-state index contributed by atoms with van der Waals surface area (Å²) in [7, 11) is 0. The molecule has 3 nitrogen and oxygen atoms in total. The van der Waals surface area contributed by atoms with Crippen LogP contribution in [0, 0.1) is 0 Å². The van der Waals surface area contributed by atoms with Crippen LogP contribution in [0.15, 0.2) is 12.1 Å². The first-order valence-corrected chi connectivity index (χ1v) is 4.28. The fourth-order valence-corrected chi connectivity index (χ4v) is 1.13. The van der Waals surface area contributed by atoms with Gasteiger partial charge >= 0.3 is 12.1 Å². The Morgan fingerprint density at radius 3 is 2.35 bits per heavy atom. The topological polar surface area (TPSA) is 50.2 Å². The summed E-state index contributed by atoms with van der Waals surface area (Å²) in [6.45, 7) is 0. The molecule has 0 aromatic carbocycles. The molecule has 0 saturated carbocycles. The smallest absolute Gasteiger partial charge is 0.433 e. The Morgan fingerprint density at radius 2 is 1.94 bits per heavy atom. The standard InChI is InChI=1S/C9H6F5NO2/c10-8(11)4-1-5(3-7(16)17)15-6(2-4)9(12,13)14/h1-2,8H,3H2,(H,16,17). The van der Waals surface area contributed by atoms with E-state index >= 15 is 0 Å². The van der Waals surface area contributed by atoms with Crippen molar-refractivity contribution in [2.75, 3.05) is 0 Å². The second-order valence-electron chi connectivity index (χ2n) is 3.15. The van der Waals surface area contributed by atoms with E-state index in [0.29, 0.717) is 6.07 Å². The predicted molar refractivity (Wildman–Crippen MR) is 45.5 cm³/mol. The minimum Gasteiger partial charge on any atom is -0.481 e. The molecule has 1 aromatic heterocycles. The minimum absolute atomic E-state index is 0.204. The second kappa shape index (κ2) is 4.64. The summed E-state index contributed by atoms with van der Waals surface area (Å²) in [4.78, 5) is 13.3. The van der Waals surface area contributed by atoms with Crippen molar-refractivity contribution in [1.82, 2.24) is 4.98 Å². The van der Waals surface area contributed by atoms with Crippen LogP contribution in [-0.2, 0) is 17.4 Å². The molecule has 1 aromatic rings. The van der Waals surface area contributed by atoms with Crippen molar-refractivity contribution in [3.63, 3.8) is 0 Å². The first kappa shape index (κ1) is 13.3. The zero-order valence-corrected chi connectivity index (χ0v) is 8.13. The fraction of sp³-hybridized carbons (Fsp3) is 0.333. The highest BCUT2D eigenvalue weighted by Crippen LogP contribution is 2.31. The summed E-state index contributed by atoms with van der Waals surface area (Å²) in [6.07, 6.45) is -8.85. The van der Waals surface area contributed by atoms with Crippen molar-refractivity contribution in [3.8, 4) is 0 Å². The van der Waals surface area contributed by atoms with Crippen molar-refractivity contribution in [2.45, 2.75) is 19.0 Å². The highest BCUT2D eigenvalue weighted by atomic mass is 19.4. The first-order valence-electron chi connectivity index (χ1n) is 4.28. The average molecular weight is 255 g/mol. The highest BCUT2D eigenvalue weighted by molar-refractivity contribution is 5.69. The molecule has 0 fully saturated rings. The normalized spacial score (nSPS) is 11.9. The van der Waals surface area contributed by atoms with Gasteiger partial charge in [-0.15, -0.1) is 0 Å². The zero-order valence-electron chi connectivity index (χ0n) is 8.13. The largest absolute Gasteiger partial charge is 0.481 e. The molecule has 0 atom stereocenters. The summed E-state index contributed by atoms with van der Waals surface area (Å²) >= 11 is 0. The number of carboxylic acids is 1. The molecule has 0 spiro atoms. The molecule has 0 bridgehead atoms. The van der Waals surface area contributed by atoms with E-state index in [9.17, 15) is 26.7 Å². The number of nitrogens with zero attached hydrogens (tertiary/aromatic N) is 1. The Bertz CT molecular complexity index is 430. The molecular weight excluding hydrogens is 249 g/mol. The molecule has 0 aliphatic carbocycles. The number of hydrogen-bond acceptors (Lipinski definition) is 2. The lowest BCUT2D eigenvalue weighted by Crippen LogP contribution is -2.12. The van der Waals surface area contributed by atoms with Crippen molar-refractivity contribution in [3.05, 3.63) is 29.1 Å². The number of aromatic nitrogens is 1. The third kappa shape index (κ3) is 3.65. The molecule has 0 amide bonds. The van der Waals surface area contributed by atoms with Crippen LogP contribution < -0.4 is 0 Å². The van der Waals surface area contributed by atoms with Gasteiger partial charge in [-0.25, -0.2) is 13.8 Å². The van der Waals surface area contributed by atoms with Gasteiger partial charge in [0.2, 0.25) is 0 Å². The molecule has 0 radical (unpaired) electrons.